The van der Waals surface area contributed by atoms with Crippen LogP contribution in [0, 0.1) is 28.1 Å². The number of carbonyl (C=O) groups is 1. The van der Waals surface area contributed by atoms with E-state index in [2.05, 4.69) is 6.92 Å². The molecule has 0 aromatic rings. The average Bonchev–Trinajstić information content (AvgIpc) is 2.83. The van der Waals surface area contributed by atoms with Gasteiger partial charge in [-0.2, -0.15) is 0 Å². The van der Waals surface area contributed by atoms with Crippen molar-refractivity contribution in [1.29, 1.82) is 0 Å². The fourth-order valence-corrected chi connectivity index (χ4v) is 4.86. The van der Waals surface area contributed by atoms with Crippen LogP contribution in [0.15, 0.2) is 0 Å². The highest BCUT2D eigenvalue weighted by molar-refractivity contribution is 5.94. The Hall–Kier alpha value is -0.450. The van der Waals surface area contributed by atoms with Crippen molar-refractivity contribution < 1.29 is 20.1 Å². The Labute approximate surface area is 107 Å². The molecule has 0 heterocycles. The van der Waals surface area contributed by atoms with E-state index >= 15 is 0 Å². The highest BCUT2D eigenvalue weighted by Crippen LogP contribution is 2.76. The van der Waals surface area contributed by atoms with Crippen molar-refractivity contribution in [2.45, 2.75) is 39.2 Å². The van der Waals surface area contributed by atoms with Crippen molar-refractivity contribution in [2.24, 2.45) is 28.1 Å². The van der Waals surface area contributed by atoms with Crippen LogP contribution in [-0.2, 0) is 4.79 Å². The molecule has 0 unspecified atom stereocenters. The Balaban J connectivity index is 1.98. The zero-order chi connectivity index (χ0) is 13.3. The third-order valence-corrected chi connectivity index (χ3v) is 6.21. The second-order valence-corrected chi connectivity index (χ2v) is 7.29. The van der Waals surface area contributed by atoms with Gasteiger partial charge in [-0.25, -0.2) is 0 Å². The van der Waals surface area contributed by atoms with Crippen LogP contribution < -0.4 is 0 Å². The van der Waals surface area contributed by atoms with Crippen molar-refractivity contribution in [2.75, 3.05) is 13.2 Å². The Morgan fingerprint density at radius 2 is 1.89 bits per heavy atom. The predicted molar refractivity (Wildman–Crippen MR) is 64.7 cm³/mol. The highest BCUT2D eigenvalue weighted by Gasteiger charge is 2.78. The van der Waals surface area contributed by atoms with Crippen LogP contribution in [0.5, 0.6) is 0 Å². The van der Waals surface area contributed by atoms with Gasteiger partial charge in [0, 0.05) is 6.61 Å². The van der Waals surface area contributed by atoms with Crippen LogP contribution in [0.4, 0.5) is 0 Å². The monoisotopic (exact) mass is 254 g/mol. The number of hydrogen-bond donors (Lipinski definition) is 3. The summed E-state index contributed by atoms with van der Waals surface area (Å²) in [5, 5.41) is 29.3. The van der Waals surface area contributed by atoms with Crippen molar-refractivity contribution in [1.82, 2.24) is 0 Å². The smallest absolute Gasteiger partial charge is 0.170 e. The summed E-state index contributed by atoms with van der Waals surface area (Å²) in [6.45, 7) is 4.03. The number of carbonyl (C=O) groups excluding carboxylic acids is 1. The van der Waals surface area contributed by atoms with E-state index in [0.29, 0.717) is 12.8 Å². The predicted octanol–water partition coefficient (Wildman–Crippen LogP) is 0.343. The van der Waals surface area contributed by atoms with Crippen molar-refractivity contribution >= 4 is 5.78 Å². The average molecular weight is 254 g/mol. The molecule has 3 N–H and O–H groups in total. The minimum atomic E-state index is -0.953. The van der Waals surface area contributed by atoms with Gasteiger partial charge in [0.1, 0.15) is 6.10 Å². The molecule has 0 aromatic heterocycles. The standard InChI is InChI=1S/C14H22O4/c1-12(6-15)3-8-9(4-12)13(2)5-14(13,7-16)11(18)10(8)17/h8-10,15-17H,3-7H2,1-2H3/t8-,9+,10-,12-,13+,14+/m0/s1. The molecule has 3 fully saturated rings. The summed E-state index contributed by atoms with van der Waals surface area (Å²) in [6.07, 6.45) is 1.29. The first-order chi connectivity index (χ1) is 8.33. The molecule has 3 aliphatic carbocycles. The largest absolute Gasteiger partial charge is 0.396 e. The molecule has 6 atom stereocenters. The summed E-state index contributed by atoms with van der Waals surface area (Å²) in [5.74, 6) is 0.0345. The minimum Gasteiger partial charge on any atom is -0.396 e. The minimum absolute atomic E-state index is 0.0400. The molecule has 102 valence electrons. The quantitative estimate of drug-likeness (QED) is 0.664. The summed E-state index contributed by atoms with van der Waals surface area (Å²) in [5.41, 5.74) is -1.06. The fourth-order valence-electron chi connectivity index (χ4n) is 4.86. The summed E-state index contributed by atoms with van der Waals surface area (Å²) in [7, 11) is 0. The van der Waals surface area contributed by atoms with Crippen LogP contribution in [0.1, 0.15) is 33.1 Å². The molecule has 0 saturated heterocycles. The van der Waals surface area contributed by atoms with Gasteiger partial charge < -0.3 is 15.3 Å². The second-order valence-electron chi connectivity index (χ2n) is 7.29. The first kappa shape index (κ1) is 12.6. The van der Waals surface area contributed by atoms with E-state index in [9.17, 15) is 20.1 Å². The normalized spacial score (nSPS) is 58.3. The van der Waals surface area contributed by atoms with Gasteiger partial charge in [-0.1, -0.05) is 13.8 Å². The lowest BCUT2D eigenvalue weighted by molar-refractivity contribution is -0.146. The topological polar surface area (TPSA) is 77.8 Å². The molecule has 4 heteroatoms. The number of rotatable bonds is 2. The first-order valence-electron chi connectivity index (χ1n) is 6.78. The van der Waals surface area contributed by atoms with Crippen LogP contribution >= 0.6 is 0 Å². The van der Waals surface area contributed by atoms with Crippen LogP contribution in [0.2, 0.25) is 0 Å². The molecule has 0 aromatic carbocycles. The number of hydrogen-bond acceptors (Lipinski definition) is 4. The lowest BCUT2D eigenvalue weighted by Crippen LogP contribution is -2.48. The van der Waals surface area contributed by atoms with Gasteiger partial charge in [0.2, 0.25) is 0 Å². The van der Waals surface area contributed by atoms with E-state index in [1.807, 2.05) is 6.92 Å². The van der Waals surface area contributed by atoms with E-state index < -0.39 is 11.5 Å². The number of aliphatic hydroxyl groups is 3. The van der Waals surface area contributed by atoms with Crippen molar-refractivity contribution in [3.05, 3.63) is 0 Å². The third kappa shape index (κ3) is 1.19. The molecule has 0 radical (unpaired) electrons. The van der Waals surface area contributed by atoms with Gasteiger partial charge in [0.05, 0.1) is 12.0 Å². The lowest BCUT2D eigenvalue weighted by atomic mass is 9.67. The SMILES string of the molecule is C[C@]1(CO)C[C@@H]2[C@H](O)C(=O)[C@]3(CO)C[C@]3(C)[C@@H]2C1. The van der Waals surface area contributed by atoms with E-state index in [4.69, 9.17) is 0 Å². The summed E-state index contributed by atoms with van der Waals surface area (Å²) in [4.78, 5) is 12.3. The van der Waals surface area contributed by atoms with Gasteiger partial charge in [0.15, 0.2) is 5.78 Å². The summed E-state index contributed by atoms with van der Waals surface area (Å²) < 4.78 is 0. The lowest BCUT2D eigenvalue weighted by Gasteiger charge is -2.38. The Bertz CT molecular complexity index is 409. The molecule has 3 rings (SSSR count). The van der Waals surface area contributed by atoms with Crippen molar-refractivity contribution in [3.8, 4) is 0 Å². The molecule has 18 heavy (non-hydrogen) atoms. The van der Waals surface area contributed by atoms with Crippen molar-refractivity contribution in [3.63, 3.8) is 0 Å². The number of ketones is 1. The molecule has 3 saturated carbocycles. The Morgan fingerprint density at radius 3 is 2.44 bits per heavy atom. The van der Waals surface area contributed by atoms with E-state index in [0.717, 1.165) is 6.42 Å². The second kappa shape index (κ2) is 3.35. The van der Waals surface area contributed by atoms with Gasteiger partial charge in [0.25, 0.3) is 0 Å². The zero-order valence-corrected chi connectivity index (χ0v) is 11.0. The molecule has 0 amide bonds. The number of fused-ring (bicyclic) bond motifs is 3. The van der Waals surface area contributed by atoms with Crippen LogP contribution in [0.25, 0.3) is 0 Å². The molecule has 0 spiro atoms. The maximum atomic E-state index is 12.3. The summed E-state index contributed by atoms with van der Waals surface area (Å²) in [6, 6.07) is 0. The number of Topliss-reactive ketones (excluding diaryl/α,β-unsaturated/α-hetero) is 1. The Kier molecular flexibility index (Phi) is 2.34. The molecule has 0 aliphatic heterocycles. The van der Waals surface area contributed by atoms with E-state index in [1.54, 1.807) is 0 Å². The maximum Gasteiger partial charge on any atom is 0.170 e. The molecule has 4 nitrogen and oxygen atoms in total. The first-order valence-corrected chi connectivity index (χ1v) is 6.78. The summed E-state index contributed by atoms with van der Waals surface area (Å²) >= 11 is 0. The van der Waals surface area contributed by atoms with Gasteiger partial charge in [-0.15, -0.1) is 0 Å². The zero-order valence-electron chi connectivity index (χ0n) is 11.0. The third-order valence-electron chi connectivity index (χ3n) is 6.21. The van der Waals surface area contributed by atoms with E-state index in [-0.39, 0.29) is 41.7 Å². The van der Waals surface area contributed by atoms with E-state index in [1.165, 1.54) is 0 Å². The molecular weight excluding hydrogens is 232 g/mol. The molecule has 3 aliphatic rings. The maximum absolute atomic E-state index is 12.3. The molecular formula is C14H22O4. The van der Waals surface area contributed by atoms with Gasteiger partial charge in [-0.05, 0) is 41.9 Å². The molecule has 0 bridgehead atoms. The number of aliphatic hydroxyl groups excluding tert-OH is 3. The fraction of sp³-hybridized carbons (Fsp3) is 0.929. The highest BCUT2D eigenvalue weighted by atomic mass is 16.3. The van der Waals surface area contributed by atoms with Crippen LogP contribution in [-0.4, -0.2) is 40.4 Å². The Morgan fingerprint density at radius 1 is 1.22 bits per heavy atom. The van der Waals surface area contributed by atoms with Crippen LogP contribution in [0.3, 0.4) is 0 Å². The van der Waals surface area contributed by atoms with Gasteiger partial charge >= 0.3 is 0 Å². The van der Waals surface area contributed by atoms with Gasteiger partial charge in [-0.3, -0.25) is 4.79 Å².